The van der Waals surface area contributed by atoms with Crippen molar-refractivity contribution < 1.29 is 9.53 Å². The molecule has 5 heteroatoms. The standard InChI is InChI=1S/C21H28N2O2S/c1-5-16(4)23(21(24)17-6-7-17)11-18-13-26-20(22-18)12-25-19-9-14(2)8-15(3)10-19/h8-10,13,16-17H,5-7,11-12H2,1-4H3. The first-order chi connectivity index (χ1) is 12.5. The summed E-state index contributed by atoms with van der Waals surface area (Å²) >= 11 is 1.60. The fourth-order valence-electron chi connectivity index (χ4n) is 3.06. The zero-order valence-corrected chi connectivity index (χ0v) is 16.9. The van der Waals surface area contributed by atoms with Crippen molar-refractivity contribution in [1.82, 2.24) is 9.88 Å². The molecule has 4 nitrogen and oxygen atoms in total. The van der Waals surface area contributed by atoms with Crippen molar-refractivity contribution in [3.05, 3.63) is 45.4 Å². The zero-order valence-electron chi connectivity index (χ0n) is 16.1. The number of ether oxygens (including phenoxy) is 1. The summed E-state index contributed by atoms with van der Waals surface area (Å²) in [7, 11) is 0. The quantitative estimate of drug-likeness (QED) is 0.663. The Hall–Kier alpha value is -1.88. The van der Waals surface area contributed by atoms with Crippen molar-refractivity contribution in [1.29, 1.82) is 0 Å². The summed E-state index contributed by atoms with van der Waals surface area (Å²) in [6, 6.07) is 6.47. The maximum absolute atomic E-state index is 12.6. The van der Waals surface area contributed by atoms with E-state index in [1.54, 1.807) is 11.3 Å². The maximum Gasteiger partial charge on any atom is 0.226 e. The molecule has 1 atom stereocenters. The lowest BCUT2D eigenvalue weighted by Crippen LogP contribution is -2.38. The summed E-state index contributed by atoms with van der Waals surface area (Å²) in [6.07, 6.45) is 3.04. The number of nitrogens with zero attached hydrogens (tertiary/aromatic N) is 2. The van der Waals surface area contributed by atoms with Crippen LogP contribution < -0.4 is 4.74 Å². The van der Waals surface area contributed by atoms with Crippen molar-refractivity contribution in [2.45, 2.75) is 66.2 Å². The number of benzene rings is 1. The van der Waals surface area contributed by atoms with Gasteiger partial charge in [0, 0.05) is 17.3 Å². The predicted octanol–water partition coefficient (Wildman–Crippen LogP) is 4.88. The van der Waals surface area contributed by atoms with Crippen LogP contribution in [0.25, 0.3) is 0 Å². The van der Waals surface area contributed by atoms with Gasteiger partial charge in [0.2, 0.25) is 5.91 Å². The van der Waals surface area contributed by atoms with Crippen LogP contribution >= 0.6 is 11.3 Å². The lowest BCUT2D eigenvalue weighted by atomic mass is 10.1. The van der Waals surface area contributed by atoms with Crippen molar-refractivity contribution in [3.8, 4) is 5.75 Å². The highest BCUT2D eigenvalue weighted by Gasteiger charge is 2.35. The van der Waals surface area contributed by atoms with Crippen LogP contribution in [0.2, 0.25) is 0 Å². The van der Waals surface area contributed by atoms with Crippen LogP contribution in [0.5, 0.6) is 5.75 Å². The molecule has 3 rings (SSSR count). The van der Waals surface area contributed by atoms with E-state index in [1.807, 2.05) is 17.0 Å². The Morgan fingerprint density at radius 3 is 2.62 bits per heavy atom. The van der Waals surface area contributed by atoms with Gasteiger partial charge in [-0.3, -0.25) is 4.79 Å². The number of hydrogen-bond acceptors (Lipinski definition) is 4. The minimum absolute atomic E-state index is 0.245. The van der Waals surface area contributed by atoms with Gasteiger partial charge in [0.15, 0.2) is 0 Å². The van der Waals surface area contributed by atoms with E-state index in [9.17, 15) is 4.79 Å². The second-order valence-corrected chi connectivity index (χ2v) is 8.29. The Bertz CT molecular complexity index is 747. The number of rotatable bonds is 8. The Balaban J connectivity index is 1.61. The number of carbonyl (C=O) groups is 1. The third-order valence-electron chi connectivity index (χ3n) is 4.82. The molecule has 1 aliphatic carbocycles. The van der Waals surface area contributed by atoms with Gasteiger partial charge in [0.05, 0.1) is 12.2 Å². The van der Waals surface area contributed by atoms with Gasteiger partial charge < -0.3 is 9.64 Å². The number of carbonyl (C=O) groups excluding carboxylic acids is 1. The Morgan fingerprint density at radius 2 is 2.00 bits per heavy atom. The van der Waals surface area contributed by atoms with Gasteiger partial charge in [-0.1, -0.05) is 13.0 Å². The van der Waals surface area contributed by atoms with Crippen molar-refractivity contribution >= 4 is 17.2 Å². The number of aryl methyl sites for hydroxylation is 2. The average molecular weight is 373 g/mol. The minimum Gasteiger partial charge on any atom is -0.486 e. The lowest BCUT2D eigenvalue weighted by molar-refractivity contribution is -0.135. The molecule has 26 heavy (non-hydrogen) atoms. The molecule has 0 radical (unpaired) electrons. The predicted molar refractivity (Wildman–Crippen MR) is 105 cm³/mol. The van der Waals surface area contributed by atoms with Crippen LogP contribution in [0.15, 0.2) is 23.6 Å². The van der Waals surface area contributed by atoms with Gasteiger partial charge in [0.25, 0.3) is 0 Å². The molecule has 0 aliphatic heterocycles. The van der Waals surface area contributed by atoms with E-state index in [0.29, 0.717) is 19.1 Å². The molecule has 1 saturated carbocycles. The molecule has 1 fully saturated rings. The highest BCUT2D eigenvalue weighted by atomic mass is 32.1. The first-order valence-electron chi connectivity index (χ1n) is 9.41. The molecule has 1 heterocycles. The summed E-state index contributed by atoms with van der Waals surface area (Å²) < 4.78 is 5.90. The fraction of sp³-hybridized carbons (Fsp3) is 0.524. The van der Waals surface area contributed by atoms with E-state index in [0.717, 1.165) is 35.7 Å². The summed E-state index contributed by atoms with van der Waals surface area (Å²) in [5.41, 5.74) is 3.36. The zero-order chi connectivity index (χ0) is 18.7. The van der Waals surface area contributed by atoms with E-state index >= 15 is 0 Å². The summed E-state index contributed by atoms with van der Waals surface area (Å²) in [5, 5.41) is 3.00. The van der Waals surface area contributed by atoms with Crippen LogP contribution in [-0.2, 0) is 17.9 Å². The lowest BCUT2D eigenvalue weighted by Gasteiger charge is -2.28. The molecule has 1 aromatic heterocycles. The van der Waals surface area contributed by atoms with Gasteiger partial charge >= 0.3 is 0 Å². The number of thiazole rings is 1. The average Bonchev–Trinajstić information content (AvgIpc) is 3.36. The van der Waals surface area contributed by atoms with Crippen molar-refractivity contribution in [3.63, 3.8) is 0 Å². The van der Waals surface area contributed by atoms with Crippen LogP contribution in [-0.4, -0.2) is 21.8 Å². The third kappa shape index (κ3) is 4.85. The molecule has 0 spiro atoms. The van der Waals surface area contributed by atoms with Crippen LogP contribution in [0, 0.1) is 19.8 Å². The minimum atomic E-state index is 0.245. The highest BCUT2D eigenvalue weighted by Crippen LogP contribution is 2.32. The Kier molecular flexibility index (Phi) is 5.97. The molecule has 2 aromatic rings. The van der Waals surface area contributed by atoms with E-state index in [1.165, 1.54) is 11.1 Å². The van der Waals surface area contributed by atoms with Crippen molar-refractivity contribution in [2.75, 3.05) is 0 Å². The number of hydrogen-bond donors (Lipinski definition) is 0. The van der Waals surface area contributed by atoms with E-state index in [2.05, 4.69) is 44.1 Å². The van der Waals surface area contributed by atoms with Gasteiger partial charge in [-0.05, 0) is 63.3 Å². The normalized spacial score (nSPS) is 14.9. The maximum atomic E-state index is 12.6. The number of amides is 1. The molecular formula is C21H28N2O2S. The first-order valence-corrected chi connectivity index (χ1v) is 10.3. The summed E-state index contributed by atoms with van der Waals surface area (Å²) in [4.78, 5) is 19.3. The van der Waals surface area contributed by atoms with Gasteiger partial charge in [0.1, 0.15) is 17.4 Å². The van der Waals surface area contributed by atoms with Gasteiger partial charge in [-0.15, -0.1) is 11.3 Å². The van der Waals surface area contributed by atoms with Crippen LogP contribution in [0.1, 0.15) is 54.9 Å². The first kappa shape index (κ1) is 18.9. The molecule has 140 valence electrons. The molecular weight excluding hydrogens is 344 g/mol. The second kappa shape index (κ2) is 8.21. The second-order valence-electron chi connectivity index (χ2n) is 7.34. The van der Waals surface area contributed by atoms with E-state index in [-0.39, 0.29) is 12.0 Å². The monoisotopic (exact) mass is 372 g/mol. The largest absolute Gasteiger partial charge is 0.486 e. The van der Waals surface area contributed by atoms with Crippen molar-refractivity contribution in [2.24, 2.45) is 5.92 Å². The summed E-state index contributed by atoms with van der Waals surface area (Å²) in [6.45, 7) is 9.46. The molecule has 1 amide bonds. The Labute approximate surface area is 160 Å². The fourth-order valence-corrected chi connectivity index (χ4v) is 3.76. The van der Waals surface area contributed by atoms with Gasteiger partial charge in [-0.25, -0.2) is 4.98 Å². The van der Waals surface area contributed by atoms with Gasteiger partial charge in [-0.2, -0.15) is 0 Å². The SMILES string of the molecule is CCC(C)N(Cc1csc(COc2cc(C)cc(C)c2)n1)C(=O)C1CC1. The third-order valence-corrected chi connectivity index (χ3v) is 5.69. The molecule has 0 saturated heterocycles. The highest BCUT2D eigenvalue weighted by molar-refractivity contribution is 7.09. The Morgan fingerprint density at radius 1 is 1.31 bits per heavy atom. The number of aromatic nitrogens is 1. The van der Waals surface area contributed by atoms with E-state index in [4.69, 9.17) is 4.74 Å². The van der Waals surface area contributed by atoms with Crippen LogP contribution in [0.4, 0.5) is 0 Å². The summed E-state index contributed by atoms with van der Waals surface area (Å²) in [5.74, 6) is 1.42. The molecule has 0 N–H and O–H groups in total. The molecule has 0 bridgehead atoms. The van der Waals surface area contributed by atoms with Crippen LogP contribution in [0.3, 0.4) is 0 Å². The topological polar surface area (TPSA) is 42.4 Å². The smallest absolute Gasteiger partial charge is 0.226 e. The van der Waals surface area contributed by atoms with E-state index < -0.39 is 0 Å². The molecule has 1 aromatic carbocycles. The molecule has 1 aliphatic rings. The molecule has 1 unspecified atom stereocenters.